The first kappa shape index (κ1) is 26.4. The number of hydrogen-bond donors (Lipinski definition) is 1. The molecule has 2 aromatic rings. The lowest BCUT2D eigenvalue weighted by Crippen LogP contribution is -2.49. The number of amides is 3. The predicted octanol–water partition coefficient (Wildman–Crippen LogP) is 3.25. The minimum atomic E-state index is -3.92. The summed E-state index contributed by atoms with van der Waals surface area (Å²) in [6, 6.07) is 13.1. The lowest BCUT2D eigenvalue weighted by Gasteiger charge is -2.30. The first-order valence-corrected chi connectivity index (χ1v) is 13.3. The van der Waals surface area contributed by atoms with E-state index in [4.69, 9.17) is 0 Å². The fraction of sp³-hybridized carbons (Fsp3) is 0.423. The summed E-state index contributed by atoms with van der Waals surface area (Å²) in [5, 5.41) is 2.92. The predicted molar refractivity (Wildman–Crippen MR) is 133 cm³/mol. The van der Waals surface area contributed by atoms with Crippen molar-refractivity contribution < 1.29 is 22.8 Å². The van der Waals surface area contributed by atoms with Crippen LogP contribution in [0.2, 0.25) is 0 Å². The second kappa shape index (κ2) is 11.0. The molecule has 0 aromatic heterocycles. The zero-order valence-electron chi connectivity index (χ0n) is 20.7. The highest BCUT2D eigenvalue weighted by Gasteiger charge is 2.40. The monoisotopic (exact) mass is 499 g/mol. The van der Waals surface area contributed by atoms with Crippen LogP contribution in [-0.2, 0) is 26.2 Å². The van der Waals surface area contributed by atoms with Crippen LogP contribution in [0.25, 0.3) is 0 Å². The molecule has 8 nitrogen and oxygen atoms in total. The van der Waals surface area contributed by atoms with E-state index in [1.54, 1.807) is 19.1 Å². The van der Waals surface area contributed by atoms with E-state index >= 15 is 0 Å². The topological polar surface area (TPSA) is 104 Å². The number of carbonyl (C=O) groups excluding carboxylic acids is 3. The number of rotatable bonds is 10. The normalized spacial score (nSPS) is 15.9. The van der Waals surface area contributed by atoms with Crippen molar-refractivity contribution >= 4 is 27.7 Å². The number of nitrogens with one attached hydrogen (secondary N) is 1. The van der Waals surface area contributed by atoms with Crippen LogP contribution in [0.1, 0.15) is 61.5 Å². The molecule has 0 saturated carbocycles. The maximum Gasteiger partial charge on any atom is 0.269 e. The largest absolute Gasteiger partial charge is 0.352 e. The summed E-state index contributed by atoms with van der Waals surface area (Å²) in [6.07, 6.45) is 0.926. The average molecular weight is 500 g/mol. The van der Waals surface area contributed by atoms with Gasteiger partial charge in [-0.25, -0.2) is 12.7 Å². The van der Waals surface area contributed by atoms with Crippen molar-refractivity contribution in [3.8, 4) is 0 Å². The standard InChI is InChI=1S/C26H33N3O5S/c1-5-19(3)27-25(31)20(4)28(17-21-11-8-10-18(2)16-21)24(30)14-9-15-29-26(32)22-12-6-7-13-23(22)35(29,33)34/h6-8,10-13,16,19-20H,5,9,14-15,17H2,1-4H3,(H,27,31)/t19-,20+/m0/s1. The summed E-state index contributed by atoms with van der Waals surface area (Å²) in [4.78, 5) is 40.2. The summed E-state index contributed by atoms with van der Waals surface area (Å²) in [5.41, 5.74) is 2.09. The summed E-state index contributed by atoms with van der Waals surface area (Å²) in [6.45, 7) is 7.67. The van der Waals surface area contributed by atoms with E-state index in [1.807, 2.05) is 45.0 Å². The van der Waals surface area contributed by atoms with E-state index in [0.717, 1.165) is 21.9 Å². The Morgan fingerprint density at radius 1 is 1.09 bits per heavy atom. The lowest BCUT2D eigenvalue weighted by atomic mass is 10.1. The van der Waals surface area contributed by atoms with Gasteiger partial charge in [0.25, 0.3) is 15.9 Å². The van der Waals surface area contributed by atoms with Crippen molar-refractivity contribution in [2.45, 2.75) is 70.5 Å². The van der Waals surface area contributed by atoms with Crippen molar-refractivity contribution in [2.75, 3.05) is 6.54 Å². The molecule has 0 saturated heterocycles. The Morgan fingerprint density at radius 2 is 1.80 bits per heavy atom. The molecule has 3 rings (SSSR count). The number of aryl methyl sites for hydroxylation is 1. The smallest absolute Gasteiger partial charge is 0.269 e. The first-order valence-electron chi connectivity index (χ1n) is 11.9. The SMILES string of the molecule is CC[C@H](C)NC(=O)[C@@H](C)N(Cc1cccc(C)c1)C(=O)CCCN1C(=O)c2ccccc2S1(=O)=O. The highest BCUT2D eigenvalue weighted by molar-refractivity contribution is 7.90. The van der Waals surface area contributed by atoms with E-state index < -0.39 is 22.0 Å². The molecule has 0 aliphatic carbocycles. The molecule has 2 aromatic carbocycles. The Bertz CT molecular complexity index is 1210. The number of fused-ring (bicyclic) bond motifs is 1. The number of nitrogens with zero attached hydrogens (tertiary/aromatic N) is 2. The van der Waals surface area contributed by atoms with Gasteiger partial charge < -0.3 is 10.2 Å². The van der Waals surface area contributed by atoms with Gasteiger partial charge in [0.1, 0.15) is 10.9 Å². The van der Waals surface area contributed by atoms with E-state index in [1.165, 1.54) is 17.0 Å². The third-order valence-electron chi connectivity index (χ3n) is 6.27. The van der Waals surface area contributed by atoms with E-state index in [-0.39, 0.29) is 54.2 Å². The van der Waals surface area contributed by atoms with Crippen LogP contribution in [0.15, 0.2) is 53.4 Å². The first-order chi connectivity index (χ1) is 16.6. The van der Waals surface area contributed by atoms with E-state index in [2.05, 4.69) is 5.32 Å². The Hall–Kier alpha value is -3.20. The second-order valence-corrected chi connectivity index (χ2v) is 10.8. The Kier molecular flexibility index (Phi) is 8.32. The highest BCUT2D eigenvalue weighted by atomic mass is 32.2. The molecular weight excluding hydrogens is 466 g/mol. The van der Waals surface area contributed by atoms with Crippen molar-refractivity contribution in [1.29, 1.82) is 0 Å². The fourth-order valence-corrected chi connectivity index (χ4v) is 5.63. The molecule has 0 spiro atoms. The number of benzene rings is 2. The molecule has 0 unspecified atom stereocenters. The van der Waals surface area contributed by atoms with Gasteiger partial charge in [-0.3, -0.25) is 14.4 Å². The lowest BCUT2D eigenvalue weighted by molar-refractivity contribution is -0.141. The maximum atomic E-state index is 13.3. The van der Waals surface area contributed by atoms with Crippen molar-refractivity contribution in [3.05, 3.63) is 65.2 Å². The van der Waals surface area contributed by atoms with Crippen LogP contribution in [0.5, 0.6) is 0 Å². The van der Waals surface area contributed by atoms with Crippen LogP contribution in [0, 0.1) is 6.92 Å². The van der Waals surface area contributed by atoms with E-state index in [9.17, 15) is 22.8 Å². The van der Waals surface area contributed by atoms with Crippen molar-refractivity contribution in [2.24, 2.45) is 0 Å². The zero-order valence-corrected chi connectivity index (χ0v) is 21.5. The van der Waals surface area contributed by atoms with E-state index in [0.29, 0.717) is 0 Å². The van der Waals surface area contributed by atoms with Gasteiger partial charge in [-0.2, -0.15) is 0 Å². The Morgan fingerprint density at radius 3 is 2.46 bits per heavy atom. The molecule has 1 heterocycles. The molecule has 0 radical (unpaired) electrons. The van der Waals surface area contributed by atoms with Gasteiger partial charge in [0, 0.05) is 25.6 Å². The van der Waals surface area contributed by atoms with Crippen molar-refractivity contribution in [1.82, 2.24) is 14.5 Å². The summed E-state index contributed by atoms with van der Waals surface area (Å²) < 4.78 is 26.4. The Balaban J connectivity index is 1.71. The zero-order chi connectivity index (χ0) is 25.8. The van der Waals surface area contributed by atoms with Crippen LogP contribution >= 0.6 is 0 Å². The number of carbonyl (C=O) groups is 3. The third kappa shape index (κ3) is 5.90. The Labute approximate surface area is 207 Å². The molecule has 1 aliphatic heterocycles. The van der Waals surface area contributed by atoms with Crippen molar-refractivity contribution in [3.63, 3.8) is 0 Å². The maximum absolute atomic E-state index is 13.3. The molecule has 3 amide bonds. The summed E-state index contributed by atoms with van der Waals surface area (Å²) in [7, 11) is -3.92. The molecule has 1 aliphatic rings. The molecule has 0 bridgehead atoms. The average Bonchev–Trinajstić information content (AvgIpc) is 3.02. The second-order valence-electron chi connectivity index (χ2n) is 8.99. The van der Waals surface area contributed by atoms with Gasteiger partial charge in [0.2, 0.25) is 11.8 Å². The van der Waals surface area contributed by atoms with Gasteiger partial charge >= 0.3 is 0 Å². The van der Waals surface area contributed by atoms with Gasteiger partial charge in [0.05, 0.1) is 5.56 Å². The van der Waals surface area contributed by atoms with Gasteiger partial charge in [-0.05, 0) is 51.3 Å². The summed E-state index contributed by atoms with van der Waals surface area (Å²) >= 11 is 0. The quantitative estimate of drug-likeness (QED) is 0.540. The highest BCUT2D eigenvalue weighted by Crippen LogP contribution is 2.30. The summed E-state index contributed by atoms with van der Waals surface area (Å²) in [5.74, 6) is -1.10. The van der Waals surface area contributed by atoms with Gasteiger partial charge in [-0.1, -0.05) is 48.9 Å². The molecule has 1 N–H and O–H groups in total. The minimum absolute atomic E-state index is 0.00239. The molecule has 35 heavy (non-hydrogen) atoms. The minimum Gasteiger partial charge on any atom is -0.352 e. The number of hydrogen-bond acceptors (Lipinski definition) is 5. The van der Waals surface area contributed by atoms with Crippen LogP contribution in [0.3, 0.4) is 0 Å². The van der Waals surface area contributed by atoms with Gasteiger partial charge in [0.15, 0.2) is 0 Å². The molecule has 9 heteroatoms. The third-order valence-corrected chi connectivity index (χ3v) is 8.11. The number of sulfonamides is 1. The molecule has 2 atom stereocenters. The van der Waals surface area contributed by atoms with Crippen LogP contribution in [0.4, 0.5) is 0 Å². The molecule has 188 valence electrons. The van der Waals surface area contributed by atoms with Gasteiger partial charge in [-0.15, -0.1) is 0 Å². The van der Waals surface area contributed by atoms with Crippen LogP contribution in [-0.4, -0.2) is 54.0 Å². The van der Waals surface area contributed by atoms with Crippen LogP contribution < -0.4 is 5.32 Å². The molecular formula is C26H33N3O5S. The fourth-order valence-electron chi connectivity index (χ4n) is 4.03. The molecule has 0 fully saturated rings.